The van der Waals surface area contributed by atoms with Gasteiger partial charge >= 0.3 is 0 Å². The molecule has 3 heterocycles. The van der Waals surface area contributed by atoms with Gasteiger partial charge in [-0.2, -0.15) is 10.2 Å². The summed E-state index contributed by atoms with van der Waals surface area (Å²) in [5.74, 6) is 0.745. The van der Waals surface area contributed by atoms with Crippen molar-refractivity contribution in [3.05, 3.63) is 48.9 Å². The first kappa shape index (κ1) is 13.3. The highest BCUT2D eigenvalue weighted by atomic mass is 15.3. The minimum Gasteiger partial charge on any atom is -0.378 e. The Labute approximate surface area is 122 Å². The first-order valence-corrected chi connectivity index (χ1v) is 6.92. The lowest BCUT2D eigenvalue weighted by Gasteiger charge is -2.09. The van der Waals surface area contributed by atoms with Crippen molar-refractivity contribution in [1.29, 1.82) is 0 Å². The molecule has 3 rings (SSSR count). The van der Waals surface area contributed by atoms with E-state index in [0.717, 1.165) is 36.7 Å². The molecule has 0 unspecified atom stereocenters. The Hall–Kier alpha value is -2.70. The Morgan fingerprint density at radius 2 is 2.14 bits per heavy atom. The van der Waals surface area contributed by atoms with Crippen LogP contribution < -0.4 is 5.32 Å². The van der Waals surface area contributed by atoms with E-state index in [-0.39, 0.29) is 0 Å². The van der Waals surface area contributed by atoms with Gasteiger partial charge in [-0.25, -0.2) is 14.6 Å². The number of hydrogen-bond acceptors (Lipinski definition) is 5. The molecule has 0 aliphatic carbocycles. The summed E-state index contributed by atoms with van der Waals surface area (Å²) >= 11 is 0. The smallest absolute Gasteiger partial charge is 0.155 e. The molecule has 0 bridgehead atoms. The lowest BCUT2D eigenvalue weighted by Crippen LogP contribution is -2.09. The van der Waals surface area contributed by atoms with Gasteiger partial charge in [0, 0.05) is 12.7 Å². The van der Waals surface area contributed by atoms with Crippen LogP contribution in [0.4, 0.5) is 5.69 Å². The lowest BCUT2D eigenvalue weighted by molar-refractivity contribution is 0.578. The Bertz CT molecular complexity index is 670. The van der Waals surface area contributed by atoms with Gasteiger partial charge in [0.1, 0.15) is 12.7 Å². The predicted octanol–water partition coefficient (Wildman–Crippen LogP) is 1.88. The highest BCUT2D eigenvalue weighted by Crippen LogP contribution is 2.10. The molecule has 0 amide bonds. The second-order valence-electron chi connectivity index (χ2n) is 4.64. The summed E-state index contributed by atoms with van der Waals surface area (Å²) in [6.45, 7) is 3.81. The van der Waals surface area contributed by atoms with Crippen LogP contribution in [0.5, 0.6) is 0 Å². The van der Waals surface area contributed by atoms with Gasteiger partial charge in [0.15, 0.2) is 5.82 Å². The van der Waals surface area contributed by atoms with Crippen LogP contribution in [-0.4, -0.2) is 29.5 Å². The van der Waals surface area contributed by atoms with Crippen LogP contribution in [0.3, 0.4) is 0 Å². The van der Waals surface area contributed by atoms with Crippen molar-refractivity contribution in [1.82, 2.24) is 29.5 Å². The monoisotopic (exact) mass is 283 g/mol. The minimum atomic E-state index is 0.727. The second kappa shape index (κ2) is 6.17. The maximum atomic E-state index is 4.36. The third-order valence-corrected chi connectivity index (χ3v) is 3.11. The van der Waals surface area contributed by atoms with E-state index in [9.17, 15) is 0 Å². The fraction of sp³-hybridized carbons (Fsp3) is 0.286. The average Bonchev–Trinajstić information content (AvgIpc) is 3.18. The highest BCUT2D eigenvalue weighted by molar-refractivity contribution is 5.43. The topological polar surface area (TPSA) is 73.5 Å². The zero-order chi connectivity index (χ0) is 14.5. The summed E-state index contributed by atoms with van der Waals surface area (Å²) < 4.78 is 3.64. The number of aryl methyl sites for hydroxylation is 1. The minimum absolute atomic E-state index is 0.727. The van der Waals surface area contributed by atoms with Crippen LogP contribution in [-0.2, 0) is 13.1 Å². The molecule has 21 heavy (non-hydrogen) atoms. The van der Waals surface area contributed by atoms with Crippen LogP contribution in [0.25, 0.3) is 5.82 Å². The van der Waals surface area contributed by atoms with Gasteiger partial charge in [0.2, 0.25) is 0 Å². The number of hydrogen-bond donors (Lipinski definition) is 1. The molecule has 3 aromatic rings. The standard InChI is InChI=1S/C14H17N7/c1-2-7-20-13(5-6-18-20)9-16-12-3-4-14(17-8-12)21-11-15-10-19-21/h3-6,8,10-11,16H,2,7,9H2,1H3. The molecule has 0 saturated carbocycles. The summed E-state index contributed by atoms with van der Waals surface area (Å²) in [5.41, 5.74) is 2.13. The number of anilines is 1. The van der Waals surface area contributed by atoms with Gasteiger partial charge in [0.25, 0.3) is 0 Å². The van der Waals surface area contributed by atoms with Gasteiger partial charge in [-0.3, -0.25) is 4.68 Å². The number of aromatic nitrogens is 6. The van der Waals surface area contributed by atoms with Crippen LogP contribution in [0, 0.1) is 0 Å². The zero-order valence-corrected chi connectivity index (χ0v) is 11.8. The first-order chi connectivity index (χ1) is 10.4. The molecule has 0 saturated heterocycles. The van der Waals surface area contributed by atoms with Gasteiger partial charge in [-0.1, -0.05) is 6.92 Å². The highest BCUT2D eigenvalue weighted by Gasteiger charge is 2.02. The number of nitrogens with one attached hydrogen (secondary N) is 1. The van der Waals surface area contributed by atoms with Crippen molar-refractivity contribution < 1.29 is 0 Å². The second-order valence-corrected chi connectivity index (χ2v) is 4.64. The molecule has 0 aliphatic heterocycles. The summed E-state index contributed by atoms with van der Waals surface area (Å²) in [7, 11) is 0. The molecule has 7 nitrogen and oxygen atoms in total. The summed E-state index contributed by atoms with van der Waals surface area (Å²) in [4.78, 5) is 8.26. The van der Waals surface area contributed by atoms with Crippen LogP contribution in [0.1, 0.15) is 19.0 Å². The van der Waals surface area contributed by atoms with Gasteiger partial charge in [-0.05, 0) is 24.6 Å². The fourth-order valence-electron chi connectivity index (χ4n) is 2.07. The normalized spacial score (nSPS) is 10.7. The molecule has 0 fully saturated rings. The van der Waals surface area contributed by atoms with Crippen molar-refractivity contribution >= 4 is 5.69 Å². The Kier molecular flexibility index (Phi) is 3.90. The third kappa shape index (κ3) is 3.07. The van der Waals surface area contributed by atoms with E-state index in [1.807, 2.05) is 29.1 Å². The van der Waals surface area contributed by atoms with Crippen molar-refractivity contribution in [3.63, 3.8) is 0 Å². The Morgan fingerprint density at radius 3 is 2.86 bits per heavy atom. The average molecular weight is 283 g/mol. The van der Waals surface area contributed by atoms with E-state index in [2.05, 4.69) is 32.4 Å². The number of nitrogens with zero attached hydrogens (tertiary/aromatic N) is 6. The quantitative estimate of drug-likeness (QED) is 0.747. The summed E-state index contributed by atoms with van der Waals surface area (Å²) in [6, 6.07) is 5.91. The van der Waals surface area contributed by atoms with E-state index >= 15 is 0 Å². The van der Waals surface area contributed by atoms with Crippen LogP contribution in [0.15, 0.2) is 43.2 Å². The van der Waals surface area contributed by atoms with Crippen LogP contribution in [0.2, 0.25) is 0 Å². The summed E-state index contributed by atoms with van der Waals surface area (Å²) in [5, 5.41) is 11.7. The van der Waals surface area contributed by atoms with Crippen LogP contribution >= 0.6 is 0 Å². The molecule has 0 spiro atoms. The van der Waals surface area contributed by atoms with Gasteiger partial charge in [-0.15, -0.1) is 0 Å². The zero-order valence-electron chi connectivity index (χ0n) is 11.8. The molecule has 0 aromatic carbocycles. The predicted molar refractivity (Wildman–Crippen MR) is 79.0 cm³/mol. The van der Waals surface area contributed by atoms with E-state index < -0.39 is 0 Å². The Balaban J connectivity index is 1.64. The van der Waals surface area contributed by atoms with Crippen molar-refractivity contribution in [2.45, 2.75) is 26.4 Å². The number of rotatable bonds is 6. The van der Waals surface area contributed by atoms with Gasteiger partial charge in [0.05, 0.1) is 24.1 Å². The van der Waals surface area contributed by atoms with E-state index in [0.29, 0.717) is 0 Å². The maximum absolute atomic E-state index is 4.36. The van der Waals surface area contributed by atoms with Gasteiger partial charge < -0.3 is 5.32 Å². The molecule has 0 aliphatic rings. The third-order valence-electron chi connectivity index (χ3n) is 3.11. The van der Waals surface area contributed by atoms with Crippen molar-refractivity contribution in [2.24, 2.45) is 0 Å². The molecule has 1 N–H and O–H groups in total. The number of pyridine rings is 1. The molecule has 108 valence electrons. The lowest BCUT2D eigenvalue weighted by atomic mass is 10.3. The molecular formula is C14H17N7. The molecule has 3 aromatic heterocycles. The molecule has 7 heteroatoms. The van der Waals surface area contributed by atoms with Crippen molar-refractivity contribution in [3.8, 4) is 5.82 Å². The molecular weight excluding hydrogens is 266 g/mol. The molecule has 0 atom stereocenters. The van der Waals surface area contributed by atoms with Crippen molar-refractivity contribution in [2.75, 3.05) is 5.32 Å². The van der Waals surface area contributed by atoms with E-state index in [1.54, 1.807) is 17.2 Å². The van der Waals surface area contributed by atoms with E-state index in [4.69, 9.17) is 0 Å². The summed E-state index contributed by atoms with van der Waals surface area (Å²) in [6.07, 6.45) is 7.81. The largest absolute Gasteiger partial charge is 0.378 e. The fourth-order valence-corrected chi connectivity index (χ4v) is 2.07. The maximum Gasteiger partial charge on any atom is 0.155 e. The Morgan fingerprint density at radius 1 is 1.19 bits per heavy atom. The molecule has 0 radical (unpaired) electrons. The van der Waals surface area contributed by atoms with E-state index in [1.165, 1.54) is 6.33 Å². The first-order valence-electron chi connectivity index (χ1n) is 6.92. The SMILES string of the molecule is CCCn1nccc1CNc1ccc(-n2cncn2)nc1.